The second kappa shape index (κ2) is 7.92. The molecule has 3 N–H and O–H groups in total. The quantitative estimate of drug-likeness (QED) is 0.703. The summed E-state index contributed by atoms with van der Waals surface area (Å²) in [7, 11) is 0. The van der Waals surface area contributed by atoms with E-state index >= 15 is 0 Å². The van der Waals surface area contributed by atoms with Gasteiger partial charge >= 0.3 is 12.4 Å². The Morgan fingerprint density at radius 1 is 1.00 bits per heavy atom. The number of nitrogens with one attached hydrogen (secondary N) is 1. The van der Waals surface area contributed by atoms with Gasteiger partial charge in [-0.1, -0.05) is 30.3 Å². The lowest BCUT2D eigenvalue weighted by atomic mass is 9.88. The van der Waals surface area contributed by atoms with E-state index in [1.54, 1.807) is 30.3 Å². The van der Waals surface area contributed by atoms with Gasteiger partial charge in [-0.25, -0.2) is 0 Å². The van der Waals surface area contributed by atoms with E-state index in [4.69, 9.17) is 10.5 Å². The number of ether oxygens (including phenoxy) is 1. The van der Waals surface area contributed by atoms with Crippen molar-refractivity contribution in [1.82, 2.24) is 5.32 Å². The van der Waals surface area contributed by atoms with Crippen molar-refractivity contribution in [1.29, 1.82) is 0 Å². The van der Waals surface area contributed by atoms with Crippen molar-refractivity contribution in [3.63, 3.8) is 0 Å². The predicted molar refractivity (Wildman–Crippen MR) is 95.0 cm³/mol. The maximum Gasteiger partial charge on any atom is 0.416 e. The minimum atomic E-state index is -4.94. The van der Waals surface area contributed by atoms with Crippen molar-refractivity contribution < 1.29 is 35.9 Å². The highest BCUT2D eigenvalue weighted by molar-refractivity contribution is 5.85. The zero-order chi connectivity index (χ0) is 22.2. The number of alkyl halides is 6. The van der Waals surface area contributed by atoms with Crippen LogP contribution in [0.2, 0.25) is 0 Å². The summed E-state index contributed by atoms with van der Waals surface area (Å²) < 4.78 is 83.5. The van der Waals surface area contributed by atoms with Crippen molar-refractivity contribution in [2.75, 3.05) is 6.61 Å². The monoisotopic (exact) mass is 432 g/mol. The van der Waals surface area contributed by atoms with Crippen LogP contribution >= 0.6 is 0 Å². The molecule has 2 aromatic rings. The average molecular weight is 432 g/mol. The zero-order valence-electron chi connectivity index (χ0n) is 15.5. The number of carbonyl (C=O) groups is 1. The highest BCUT2D eigenvalue weighted by atomic mass is 19.4. The summed E-state index contributed by atoms with van der Waals surface area (Å²) in [5.74, 6) is -0.416. The van der Waals surface area contributed by atoms with E-state index in [9.17, 15) is 31.1 Å². The third kappa shape index (κ3) is 4.76. The Balaban J connectivity index is 1.83. The van der Waals surface area contributed by atoms with Gasteiger partial charge in [0.2, 0.25) is 5.91 Å². The first-order chi connectivity index (χ1) is 13.9. The van der Waals surface area contributed by atoms with E-state index in [1.165, 1.54) is 0 Å². The number of rotatable bonds is 5. The maximum absolute atomic E-state index is 13.0. The van der Waals surface area contributed by atoms with Crippen LogP contribution in [0.25, 0.3) is 0 Å². The second-order valence-corrected chi connectivity index (χ2v) is 7.15. The van der Waals surface area contributed by atoms with Gasteiger partial charge in [0, 0.05) is 6.42 Å². The molecule has 162 valence electrons. The fourth-order valence-electron chi connectivity index (χ4n) is 3.42. The van der Waals surface area contributed by atoms with Crippen molar-refractivity contribution in [3.05, 3.63) is 70.8 Å². The van der Waals surface area contributed by atoms with Crippen LogP contribution in [0, 0.1) is 0 Å². The standard InChI is InChI=1S/C20H18F6N2O2/c21-19(22,23)14-6-12(7-15(8-14)20(24,25)26)10-30-11-18(9-16(27)17(29)28-18)13-4-2-1-3-5-13/h1-8,16H,9-11,27H2,(H,28,29)/t16-,18+/m0/s1. The molecule has 1 heterocycles. The van der Waals surface area contributed by atoms with E-state index in [0.29, 0.717) is 17.7 Å². The topological polar surface area (TPSA) is 64.3 Å². The normalized spacial score (nSPS) is 22.2. The number of nitrogens with two attached hydrogens (primary N) is 1. The van der Waals surface area contributed by atoms with E-state index in [2.05, 4.69) is 5.32 Å². The largest absolute Gasteiger partial charge is 0.416 e. The minimum absolute atomic E-state index is 0.0607. The minimum Gasteiger partial charge on any atom is -0.374 e. The Labute approximate surface area is 168 Å². The number of halogens is 6. The van der Waals surface area contributed by atoms with E-state index in [1.807, 2.05) is 0 Å². The first-order valence-electron chi connectivity index (χ1n) is 8.90. The van der Waals surface area contributed by atoms with Gasteiger partial charge in [-0.3, -0.25) is 4.79 Å². The summed E-state index contributed by atoms with van der Waals surface area (Å²) in [5.41, 5.74) is 2.34. The van der Waals surface area contributed by atoms with Crippen LogP contribution in [0.15, 0.2) is 48.5 Å². The maximum atomic E-state index is 13.0. The van der Waals surface area contributed by atoms with Gasteiger partial charge in [0.15, 0.2) is 0 Å². The summed E-state index contributed by atoms with van der Waals surface area (Å²) in [6, 6.07) is 9.17. The molecular weight excluding hydrogens is 414 g/mol. The fraction of sp³-hybridized carbons (Fsp3) is 0.350. The summed E-state index contributed by atoms with van der Waals surface area (Å²) in [5, 5.41) is 2.74. The number of amides is 1. The lowest BCUT2D eigenvalue weighted by molar-refractivity contribution is -0.143. The Morgan fingerprint density at radius 2 is 1.57 bits per heavy atom. The van der Waals surface area contributed by atoms with Crippen LogP contribution in [0.5, 0.6) is 0 Å². The van der Waals surface area contributed by atoms with Gasteiger partial charge in [-0.15, -0.1) is 0 Å². The summed E-state index contributed by atoms with van der Waals surface area (Å²) in [6.07, 6.45) is -9.70. The molecule has 0 spiro atoms. The summed E-state index contributed by atoms with van der Waals surface area (Å²) in [4.78, 5) is 12.0. The molecule has 0 aliphatic carbocycles. The fourth-order valence-corrected chi connectivity index (χ4v) is 3.42. The Kier molecular flexibility index (Phi) is 5.83. The zero-order valence-corrected chi connectivity index (χ0v) is 15.5. The van der Waals surface area contributed by atoms with Gasteiger partial charge in [-0.2, -0.15) is 26.3 Å². The SMILES string of the molecule is N[C@H]1C[C@@](COCc2cc(C(F)(F)F)cc(C(F)(F)F)c2)(c2ccccc2)NC1=O. The Bertz CT molecular complexity index is 881. The van der Waals surface area contributed by atoms with Gasteiger partial charge < -0.3 is 15.8 Å². The van der Waals surface area contributed by atoms with Crippen molar-refractivity contribution in [2.24, 2.45) is 5.73 Å². The Morgan fingerprint density at radius 3 is 2.03 bits per heavy atom. The van der Waals surface area contributed by atoms with Crippen molar-refractivity contribution in [2.45, 2.75) is 37.0 Å². The van der Waals surface area contributed by atoms with E-state index in [0.717, 1.165) is 0 Å². The van der Waals surface area contributed by atoms with Gasteiger partial charge in [-0.05, 0) is 29.3 Å². The number of benzene rings is 2. The molecule has 3 rings (SSSR count). The molecule has 1 saturated heterocycles. The van der Waals surface area contributed by atoms with Crippen LogP contribution in [-0.4, -0.2) is 18.6 Å². The second-order valence-electron chi connectivity index (χ2n) is 7.15. The third-order valence-corrected chi connectivity index (χ3v) is 4.86. The highest BCUT2D eigenvalue weighted by Crippen LogP contribution is 2.37. The van der Waals surface area contributed by atoms with Crippen LogP contribution < -0.4 is 11.1 Å². The third-order valence-electron chi connectivity index (χ3n) is 4.86. The van der Waals surface area contributed by atoms with Crippen LogP contribution in [-0.2, 0) is 34.0 Å². The first-order valence-corrected chi connectivity index (χ1v) is 8.90. The van der Waals surface area contributed by atoms with Crippen LogP contribution in [0.4, 0.5) is 26.3 Å². The lowest BCUT2D eigenvalue weighted by Crippen LogP contribution is -2.43. The molecule has 1 aliphatic heterocycles. The molecule has 0 aromatic heterocycles. The van der Waals surface area contributed by atoms with Gasteiger partial charge in [0.05, 0.1) is 35.9 Å². The molecule has 1 amide bonds. The molecule has 0 radical (unpaired) electrons. The van der Waals surface area contributed by atoms with Gasteiger partial charge in [0.25, 0.3) is 0 Å². The molecule has 4 nitrogen and oxygen atoms in total. The first kappa shape index (κ1) is 22.1. The van der Waals surface area contributed by atoms with E-state index < -0.39 is 47.6 Å². The van der Waals surface area contributed by atoms with Crippen LogP contribution in [0.3, 0.4) is 0 Å². The molecule has 0 bridgehead atoms. The summed E-state index contributed by atoms with van der Waals surface area (Å²) in [6.45, 7) is -0.680. The molecule has 1 aliphatic rings. The smallest absolute Gasteiger partial charge is 0.374 e. The molecule has 1 fully saturated rings. The van der Waals surface area contributed by atoms with Crippen LogP contribution in [0.1, 0.15) is 28.7 Å². The molecule has 0 unspecified atom stereocenters. The predicted octanol–water partition coefficient (Wildman–Crippen LogP) is 3.98. The van der Waals surface area contributed by atoms with Gasteiger partial charge in [0.1, 0.15) is 0 Å². The molecule has 10 heteroatoms. The average Bonchev–Trinajstić information content (AvgIpc) is 2.96. The molecule has 30 heavy (non-hydrogen) atoms. The van der Waals surface area contributed by atoms with E-state index in [-0.39, 0.29) is 24.7 Å². The van der Waals surface area contributed by atoms with Crippen molar-refractivity contribution >= 4 is 5.91 Å². The lowest BCUT2D eigenvalue weighted by Gasteiger charge is -2.29. The number of hydrogen-bond donors (Lipinski definition) is 2. The molecular formula is C20H18F6N2O2. The Hall–Kier alpha value is -2.59. The molecule has 2 aromatic carbocycles. The number of carbonyl (C=O) groups excluding carboxylic acids is 1. The summed E-state index contributed by atoms with van der Waals surface area (Å²) >= 11 is 0. The van der Waals surface area contributed by atoms with Crippen molar-refractivity contribution in [3.8, 4) is 0 Å². The molecule has 0 saturated carbocycles. The molecule has 2 atom stereocenters. The highest BCUT2D eigenvalue weighted by Gasteiger charge is 2.44. The number of hydrogen-bond acceptors (Lipinski definition) is 3.